The summed E-state index contributed by atoms with van der Waals surface area (Å²) < 4.78 is 72.7. The van der Waals surface area contributed by atoms with Crippen molar-refractivity contribution < 1.29 is 35.9 Å². The zero-order valence-electron chi connectivity index (χ0n) is 9.24. The van der Waals surface area contributed by atoms with Gasteiger partial charge < -0.3 is 5.11 Å². The molecule has 0 radical (unpaired) electrons. The third-order valence-corrected chi connectivity index (χ3v) is 3.37. The fourth-order valence-electron chi connectivity index (χ4n) is 0.748. The molecule has 108 valence electrons. The lowest BCUT2D eigenvalue weighted by Crippen LogP contribution is -2.46. The molecular weight excluding hydrogens is 284 g/mol. The molecule has 0 heterocycles. The molecule has 0 aromatic carbocycles. The van der Waals surface area contributed by atoms with Gasteiger partial charge in [0.15, 0.2) is 0 Å². The SMILES string of the molecule is CN(CCC(=O)O)S(=O)(=O)NCC(F)(F)C(F)F. The van der Waals surface area contributed by atoms with Gasteiger partial charge >= 0.3 is 18.3 Å². The van der Waals surface area contributed by atoms with Gasteiger partial charge in [0.1, 0.15) is 0 Å². The van der Waals surface area contributed by atoms with Crippen LogP contribution >= 0.6 is 0 Å². The Morgan fingerprint density at radius 3 is 2.33 bits per heavy atom. The number of carboxylic acids is 1. The Morgan fingerprint density at radius 1 is 1.44 bits per heavy atom. The van der Waals surface area contributed by atoms with Crippen LogP contribution in [0.3, 0.4) is 0 Å². The van der Waals surface area contributed by atoms with E-state index in [0.29, 0.717) is 4.31 Å². The molecule has 0 saturated heterocycles. The zero-order chi connectivity index (χ0) is 14.6. The number of alkyl halides is 4. The van der Waals surface area contributed by atoms with Crippen LogP contribution in [-0.4, -0.2) is 56.3 Å². The number of hydrogen-bond donors (Lipinski definition) is 2. The third-order valence-electron chi connectivity index (χ3n) is 1.86. The average Bonchev–Trinajstić information content (AvgIpc) is 2.23. The van der Waals surface area contributed by atoms with Crippen molar-refractivity contribution in [2.45, 2.75) is 18.8 Å². The van der Waals surface area contributed by atoms with Crippen molar-refractivity contribution in [2.75, 3.05) is 20.1 Å². The van der Waals surface area contributed by atoms with Crippen molar-refractivity contribution in [3.05, 3.63) is 0 Å². The molecule has 0 unspecified atom stereocenters. The molecule has 2 N–H and O–H groups in total. The average molecular weight is 296 g/mol. The van der Waals surface area contributed by atoms with Crippen LogP contribution in [0, 0.1) is 0 Å². The molecule has 0 bridgehead atoms. The minimum atomic E-state index is -4.49. The van der Waals surface area contributed by atoms with Gasteiger partial charge in [0.2, 0.25) is 0 Å². The summed E-state index contributed by atoms with van der Waals surface area (Å²) in [6.07, 6.45) is -4.53. The second kappa shape index (κ2) is 6.29. The molecule has 0 amide bonds. The molecule has 0 atom stereocenters. The van der Waals surface area contributed by atoms with E-state index >= 15 is 0 Å². The second-order valence-corrected chi connectivity index (χ2v) is 5.22. The molecule has 0 aromatic heterocycles. The Bertz CT molecular complexity index is 387. The predicted molar refractivity (Wildman–Crippen MR) is 52.8 cm³/mol. The fourth-order valence-corrected chi connectivity index (χ4v) is 1.67. The molecule has 0 aromatic rings. The highest BCUT2D eigenvalue weighted by molar-refractivity contribution is 7.87. The Morgan fingerprint density at radius 2 is 1.94 bits per heavy atom. The Kier molecular flexibility index (Phi) is 5.96. The van der Waals surface area contributed by atoms with Gasteiger partial charge in [0, 0.05) is 13.6 Å². The summed E-state index contributed by atoms with van der Waals surface area (Å²) in [5, 5.41) is 8.30. The van der Waals surface area contributed by atoms with Gasteiger partial charge in [0.05, 0.1) is 13.0 Å². The highest BCUT2D eigenvalue weighted by Crippen LogP contribution is 2.21. The van der Waals surface area contributed by atoms with Crippen molar-refractivity contribution in [3.8, 4) is 0 Å². The topological polar surface area (TPSA) is 86.7 Å². The van der Waals surface area contributed by atoms with E-state index in [2.05, 4.69) is 0 Å². The number of nitrogens with one attached hydrogen (secondary N) is 1. The van der Waals surface area contributed by atoms with Gasteiger partial charge in [-0.1, -0.05) is 0 Å². The standard InChI is InChI=1S/C7H12F4N2O4S/c1-13(3-2-5(14)15)18(16,17)12-4-7(10,11)6(8)9/h6,12H,2-4H2,1H3,(H,14,15). The summed E-state index contributed by atoms with van der Waals surface area (Å²) in [5.74, 6) is -5.77. The second-order valence-electron chi connectivity index (χ2n) is 3.35. The van der Waals surface area contributed by atoms with E-state index in [9.17, 15) is 30.8 Å². The number of hydrogen-bond acceptors (Lipinski definition) is 3. The molecule has 6 nitrogen and oxygen atoms in total. The van der Waals surface area contributed by atoms with Crippen LogP contribution < -0.4 is 4.72 Å². The number of nitrogens with zero attached hydrogens (tertiary/aromatic N) is 1. The monoisotopic (exact) mass is 296 g/mol. The van der Waals surface area contributed by atoms with Gasteiger partial charge in [-0.05, 0) is 0 Å². The van der Waals surface area contributed by atoms with Gasteiger partial charge in [0.25, 0.3) is 10.2 Å². The lowest BCUT2D eigenvalue weighted by Gasteiger charge is -2.20. The third kappa shape index (κ3) is 5.60. The smallest absolute Gasteiger partial charge is 0.320 e. The maximum Gasteiger partial charge on any atom is 0.320 e. The largest absolute Gasteiger partial charge is 0.481 e. The summed E-state index contributed by atoms with van der Waals surface area (Å²) in [6, 6.07) is 0. The molecule has 11 heteroatoms. The first-order valence-corrected chi connectivity index (χ1v) is 6.02. The van der Waals surface area contributed by atoms with E-state index < -0.39 is 48.0 Å². The van der Waals surface area contributed by atoms with Gasteiger partial charge in [-0.25, -0.2) is 8.78 Å². The van der Waals surface area contributed by atoms with Crippen molar-refractivity contribution >= 4 is 16.2 Å². The molecule has 18 heavy (non-hydrogen) atoms. The molecule has 0 rings (SSSR count). The van der Waals surface area contributed by atoms with E-state index in [4.69, 9.17) is 5.11 Å². The van der Waals surface area contributed by atoms with E-state index in [-0.39, 0.29) is 0 Å². The van der Waals surface area contributed by atoms with E-state index in [1.165, 1.54) is 4.72 Å². The molecule has 0 aliphatic heterocycles. The van der Waals surface area contributed by atoms with Gasteiger partial charge in [-0.15, -0.1) is 0 Å². The summed E-state index contributed by atoms with van der Waals surface area (Å²) in [5.41, 5.74) is 0. The van der Waals surface area contributed by atoms with Crippen molar-refractivity contribution in [1.82, 2.24) is 9.03 Å². The van der Waals surface area contributed by atoms with E-state index in [0.717, 1.165) is 7.05 Å². The lowest BCUT2D eigenvalue weighted by molar-refractivity contribution is -0.137. The molecule has 0 spiro atoms. The maximum absolute atomic E-state index is 12.5. The summed E-state index contributed by atoms with van der Waals surface area (Å²) in [7, 11) is -3.48. The molecule has 0 aliphatic carbocycles. The van der Waals surface area contributed by atoms with Crippen LogP contribution in [0.2, 0.25) is 0 Å². The summed E-state index contributed by atoms with van der Waals surface area (Å²) >= 11 is 0. The van der Waals surface area contributed by atoms with Crippen LogP contribution in [0.15, 0.2) is 0 Å². The first kappa shape index (κ1) is 17.1. The molecule has 0 saturated carbocycles. The number of carbonyl (C=O) groups is 1. The van der Waals surface area contributed by atoms with Crippen LogP contribution in [0.25, 0.3) is 0 Å². The number of aliphatic carboxylic acids is 1. The first-order valence-electron chi connectivity index (χ1n) is 4.57. The van der Waals surface area contributed by atoms with Crippen molar-refractivity contribution in [1.29, 1.82) is 0 Å². The quantitative estimate of drug-likeness (QED) is 0.623. The summed E-state index contributed by atoms with van der Waals surface area (Å²) in [6.45, 7) is -2.23. The number of rotatable bonds is 8. The summed E-state index contributed by atoms with van der Waals surface area (Å²) in [4.78, 5) is 10.2. The number of carboxylic acid groups (broad SMARTS) is 1. The van der Waals surface area contributed by atoms with Crippen molar-refractivity contribution in [3.63, 3.8) is 0 Å². The van der Waals surface area contributed by atoms with Crippen LogP contribution in [0.4, 0.5) is 17.6 Å². The Labute approximate surface area is 101 Å². The first-order chi connectivity index (χ1) is 7.99. The highest BCUT2D eigenvalue weighted by atomic mass is 32.2. The molecular formula is C7H12F4N2O4S. The van der Waals surface area contributed by atoms with E-state index in [1.807, 2.05) is 0 Å². The Balaban J connectivity index is 4.44. The maximum atomic E-state index is 12.5. The predicted octanol–water partition coefficient (Wildman–Crippen LogP) is 0.128. The van der Waals surface area contributed by atoms with Crippen LogP contribution in [-0.2, 0) is 15.0 Å². The van der Waals surface area contributed by atoms with Gasteiger partial charge in [-0.2, -0.15) is 26.2 Å². The zero-order valence-corrected chi connectivity index (χ0v) is 10.1. The minimum absolute atomic E-state index is 0.447. The van der Waals surface area contributed by atoms with Crippen LogP contribution in [0.1, 0.15) is 6.42 Å². The van der Waals surface area contributed by atoms with Crippen LogP contribution in [0.5, 0.6) is 0 Å². The lowest BCUT2D eigenvalue weighted by atomic mass is 10.4. The highest BCUT2D eigenvalue weighted by Gasteiger charge is 2.41. The Hall–Kier alpha value is -0.940. The number of halogens is 4. The molecule has 0 fully saturated rings. The fraction of sp³-hybridized carbons (Fsp3) is 0.857. The van der Waals surface area contributed by atoms with Gasteiger partial charge in [-0.3, -0.25) is 4.79 Å². The van der Waals surface area contributed by atoms with E-state index in [1.54, 1.807) is 0 Å². The molecule has 0 aliphatic rings. The minimum Gasteiger partial charge on any atom is -0.481 e. The normalized spacial score (nSPS) is 13.3. The van der Waals surface area contributed by atoms with Crippen molar-refractivity contribution in [2.24, 2.45) is 0 Å².